The molecule has 0 radical (unpaired) electrons. The zero-order valence-corrected chi connectivity index (χ0v) is 17.6. The maximum Gasteiger partial charge on any atom is 0.410 e. The summed E-state index contributed by atoms with van der Waals surface area (Å²) in [5.41, 5.74) is 0.449. The van der Waals surface area contributed by atoms with Gasteiger partial charge in [-0.05, 0) is 45.7 Å². The lowest BCUT2D eigenvalue weighted by Crippen LogP contribution is -2.41. The fourth-order valence-corrected chi connectivity index (χ4v) is 3.94. The molecule has 2 aromatic rings. The molecule has 1 N–H and O–H groups in total. The highest BCUT2D eigenvalue weighted by Crippen LogP contribution is 2.31. The summed E-state index contributed by atoms with van der Waals surface area (Å²) in [4.78, 5) is 34.7. The van der Waals surface area contributed by atoms with Gasteiger partial charge in [0.1, 0.15) is 16.4 Å². The van der Waals surface area contributed by atoms with Gasteiger partial charge >= 0.3 is 6.09 Å². The van der Waals surface area contributed by atoms with E-state index in [0.29, 0.717) is 29.6 Å². The van der Waals surface area contributed by atoms with Crippen molar-refractivity contribution in [2.75, 3.05) is 18.4 Å². The van der Waals surface area contributed by atoms with Gasteiger partial charge in [0.25, 0.3) is 5.91 Å². The number of pyridine rings is 1. The monoisotopic (exact) mass is 422 g/mol. The van der Waals surface area contributed by atoms with Gasteiger partial charge in [0.15, 0.2) is 0 Å². The molecule has 1 fully saturated rings. The van der Waals surface area contributed by atoms with E-state index in [1.165, 1.54) is 17.5 Å². The molecule has 3 rings (SSSR count). The van der Waals surface area contributed by atoms with Crippen molar-refractivity contribution in [3.63, 3.8) is 0 Å². The molecule has 9 heteroatoms. The summed E-state index contributed by atoms with van der Waals surface area (Å²) in [6.07, 6.45) is 2.82. The third-order valence-corrected chi connectivity index (χ3v) is 5.47. The maximum atomic E-state index is 12.4. The Morgan fingerprint density at radius 1 is 1.29 bits per heavy atom. The lowest BCUT2D eigenvalue weighted by Gasteiger charge is -2.32. The topological polar surface area (TPSA) is 84.4 Å². The number of thiazole rings is 1. The van der Waals surface area contributed by atoms with Crippen LogP contribution in [0.4, 0.5) is 10.5 Å². The van der Waals surface area contributed by atoms with Crippen molar-refractivity contribution in [2.45, 2.75) is 45.1 Å². The van der Waals surface area contributed by atoms with Crippen LogP contribution in [-0.2, 0) is 4.74 Å². The van der Waals surface area contributed by atoms with Crippen LogP contribution in [0.15, 0.2) is 23.7 Å². The van der Waals surface area contributed by atoms with Crippen molar-refractivity contribution in [1.82, 2.24) is 14.9 Å². The Kier molecular flexibility index (Phi) is 6.20. The van der Waals surface area contributed by atoms with E-state index in [2.05, 4.69) is 15.3 Å². The van der Waals surface area contributed by atoms with E-state index in [0.717, 1.165) is 17.8 Å². The zero-order valence-electron chi connectivity index (χ0n) is 16.1. The van der Waals surface area contributed by atoms with Crippen molar-refractivity contribution in [2.24, 2.45) is 0 Å². The van der Waals surface area contributed by atoms with Crippen LogP contribution in [0.1, 0.15) is 55.0 Å². The number of hydrogen-bond donors (Lipinski definition) is 1. The molecular formula is C19H23ClN4O3S. The first-order chi connectivity index (χ1) is 13.2. The van der Waals surface area contributed by atoms with Crippen LogP contribution < -0.4 is 5.32 Å². The molecule has 0 aromatic carbocycles. The Morgan fingerprint density at radius 2 is 2.00 bits per heavy atom. The quantitative estimate of drug-likeness (QED) is 0.733. The summed E-state index contributed by atoms with van der Waals surface area (Å²) in [6, 6.07) is 3.30. The van der Waals surface area contributed by atoms with Gasteiger partial charge in [-0.1, -0.05) is 11.6 Å². The van der Waals surface area contributed by atoms with E-state index in [4.69, 9.17) is 16.3 Å². The lowest BCUT2D eigenvalue weighted by atomic mass is 9.98. The van der Waals surface area contributed by atoms with Crippen LogP contribution in [-0.4, -0.2) is 45.6 Å². The van der Waals surface area contributed by atoms with Crippen LogP contribution in [0.5, 0.6) is 0 Å². The largest absolute Gasteiger partial charge is 0.444 e. The summed E-state index contributed by atoms with van der Waals surface area (Å²) >= 11 is 7.22. The number of hydrogen-bond acceptors (Lipinski definition) is 6. The van der Waals surface area contributed by atoms with Gasteiger partial charge in [0, 0.05) is 24.4 Å². The number of nitrogens with zero attached hydrogens (tertiary/aromatic N) is 3. The van der Waals surface area contributed by atoms with E-state index in [-0.39, 0.29) is 17.9 Å². The molecule has 1 saturated heterocycles. The molecule has 28 heavy (non-hydrogen) atoms. The van der Waals surface area contributed by atoms with Gasteiger partial charge in [-0.2, -0.15) is 0 Å². The van der Waals surface area contributed by atoms with Gasteiger partial charge in [0.2, 0.25) is 0 Å². The highest BCUT2D eigenvalue weighted by Gasteiger charge is 2.29. The molecule has 1 aliphatic heterocycles. The Bertz CT molecular complexity index is 840. The fraction of sp³-hybridized carbons (Fsp3) is 0.474. The average molecular weight is 423 g/mol. The van der Waals surface area contributed by atoms with E-state index < -0.39 is 5.60 Å². The SMILES string of the molecule is CC(C)(C)OC(=O)N1CCC(c2nc(C(=O)Nc3ccc(Cl)nc3)cs2)CC1. The first-order valence-corrected chi connectivity index (χ1v) is 10.3. The minimum absolute atomic E-state index is 0.238. The number of aromatic nitrogens is 2. The molecule has 0 unspecified atom stereocenters. The van der Waals surface area contributed by atoms with Gasteiger partial charge < -0.3 is 15.0 Å². The second kappa shape index (κ2) is 8.45. The third kappa shape index (κ3) is 5.42. The summed E-state index contributed by atoms with van der Waals surface area (Å²) in [7, 11) is 0. The maximum absolute atomic E-state index is 12.4. The van der Waals surface area contributed by atoms with Gasteiger partial charge in [0.05, 0.1) is 16.9 Å². The predicted octanol–water partition coefficient (Wildman–Crippen LogP) is 4.56. The van der Waals surface area contributed by atoms with Crippen LogP contribution in [0.25, 0.3) is 0 Å². The summed E-state index contributed by atoms with van der Waals surface area (Å²) < 4.78 is 5.43. The molecule has 2 amide bonds. The van der Waals surface area contributed by atoms with Crippen LogP contribution >= 0.6 is 22.9 Å². The van der Waals surface area contributed by atoms with Crippen molar-refractivity contribution in [1.29, 1.82) is 0 Å². The van der Waals surface area contributed by atoms with E-state index in [1.54, 1.807) is 22.4 Å². The number of anilines is 1. The van der Waals surface area contributed by atoms with Gasteiger partial charge in [-0.25, -0.2) is 14.8 Å². The molecule has 0 saturated carbocycles. The smallest absolute Gasteiger partial charge is 0.410 e. The molecule has 0 spiro atoms. The third-order valence-electron chi connectivity index (χ3n) is 4.24. The van der Waals surface area contributed by atoms with E-state index in [9.17, 15) is 9.59 Å². The van der Waals surface area contributed by atoms with Gasteiger partial charge in [-0.15, -0.1) is 11.3 Å². The molecule has 150 valence electrons. The standard InChI is InChI=1S/C19H23ClN4O3S/c1-19(2,3)27-18(26)24-8-6-12(7-9-24)17-23-14(11-28-17)16(25)22-13-4-5-15(20)21-10-13/h4-5,10-12H,6-9H2,1-3H3,(H,22,25). The highest BCUT2D eigenvalue weighted by atomic mass is 35.5. The number of piperidine rings is 1. The molecule has 0 aliphatic carbocycles. The normalized spacial score (nSPS) is 15.4. The Hall–Kier alpha value is -2.19. The number of carbonyl (C=O) groups is 2. The fourth-order valence-electron chi connectivity index (χ4n) is 2.86. The van der Waals surface area contributed by atoms with Crippen LogP contribution in [0.3, 0.4) is 0 Å². The van der Waals surface area contributed by atoms with Crippen molar-refractivity contribution < 1.29 is 14.3 Å². The second-order valence-corrected chi connectivity index (χ2v) is 8.91. The Balaban J connectivity index is 1.55. The van der Waals surface area contributed by atoms with E-state index in [1.807, 2.05) is 20.8 Å². The second-order valence-electron chi connectivity index (χ2n) is 7.64. The molecule has 7 nitrogen and oxygen atoms in total. The molecule has 0 bridgehead atoms. The first-order valence-electron chi connectivity index (χ1n) is 9.07. The van der Waals surface area contributed by atoms with Crippen LogP contribution in [0, 0.1) is 0 Å². The van der Waals surface area contributed by atoms with Crippen molar-refractivity contribution in [3.8, 4) is 0 Å². The number of halogens is 1. The first kappa shape index (κ1) is 20.5. The summed E-state index contributed by atoms with van der Waals surface area (Å²) in [6.45, 7) is 6.83. The number of ether oxygens (including phenoxy) is 1. The lowest BCUT2D eigenvalue weighted by molar-refractivity contribution is 0.0205. The van der Waals surface area contributed by atoms with Crippen LogP contribution in [0.2, 0.25) is 5.15 Å². The van der Waals surface area contributed by atoms with E-state index >= 15 is 0 Å². The Labute approximate surface area is 173 Å². The minimum atomic E-state index is -0.495. The molecular weight excluding hydrogens is 400 g/mol. The number of likely N-dealkylation sites (tertiary alicyclic amines) is 1. The van der Waals surface area contributed by atoms with Crippen molar-refractivity contribution in [3.05, 3.63) is 39.6 Å². The summed E-state index contributed by atoms with van der Waals surface area (Å²) in [5.74, 6) is -0.0414. The molecule has 0 atom stereocenters. The highest BCUT2D eigenvalue weighted by molar-refractivity contribution is 7.10. The number of carbonyl (C=O) groups excluding carboxylic acids is 2. The number of amides is 2. The predicted molar refractivity (Wildman–Crippen MR) is 109 cm³/mol. The van der Waals surface area contributed by atoms with Crippen molar-refractivity contribution >= 4 is 40.6 Å². The molecule has 2 aromatic heterocycles. The number of rotatable bonds is 3. The average Bonchev–Trinajstić information content (AvgIpc) is 3.13. The molecule has 3 heterocycles. The van der Waals surface area contributed by atoms with Gasteiger partial charge in [-0.3, -0.25) is 4.79 Å². The summed E-state index contributed by atoms with van der Waals surface area (Å²) in [5, 5.41) is 5.81. The Morgan fingerprint density at radius 3 is 2.61 bits per heavy atom. The zero-order chi connectivity index (χ0) is 20.3. The number of nitrogens with one attached hydrogen (secondary N) is 1. The molecule has 1 aliphatic rings. The minimum Gasteiger partial charge on any atom is -0.444 e.